The van der Waals surface area contributed by atoms with E-state index < -0.39 is 21.3 Å². The minimum absolute atomic E-state index is 0.301. The maximum absolute atomic E-state index is 11.4. The molecule has 1 aromatic carbocycles. The van der Waals surface area contributed by atoms with Crippen molar-refractivity contribution in [1.82, 2.24) is 4.90 Å². The summed E-state index contributed by atoms with van der Waals surface area (Å²) >= 11 is 0. The van der Waals surface area contributed by atoms with E-state index in [1.165, 1.54) is 6.26 Å². The first kappa shape index (κ1) is 15.9. The average molecular weight is 312 g/mol. The molecule has 1 amide bonds. The molecule has 2 N–H and O–H groups in total. The zero-order chi connectivity index (χ0) is 15.7. The molecule has 6 nitrogen and oxygen atoms in total. The first-order chi connectivity index (χ1) is 9.71. The van der Waals surface area contributed by atoms with Crippen LogP contribution in [-0.2, 0) is 25.9 Å². The Morgan fingerprint density at radius 1 is 1.38 bits per heavy atom. The van der Waals surface area contributed by atoms with Crippen molar-refractivity contribution in [3.8, 4) is 0 Å². The highest BCUT2D eigenvalue weighted by Crippen LogP contribution is 2.19. The molecule has 1 atom stereocenters. The van der Waals surface area contributed by atoms with Gasteiger partial charge in [0, 0.05) is 25.9 Å². The molecule has 0 bridgehead atoms. The molecule has 0 unspecified atom stereocenters. The van der Waals surface area contributed by atoms with Gasteiger partial charge in [-0.05, 0) is 24.6 Å². The number of primary amides is 1. The molecular formula is C14H20N2O4S. The van der Waals surface area contributed by atoms with Crippen LogP contribution in [0.3, 0.4) is 0 Å². The number of nitrogens with zero attached hydrogens (tertiary/aromatic N) is 1. The molecule has 1 aliphatic rings. The molecular weight excluding hydrogens is 292 g/mol. The normalized spacial score (nSPS) is 23.9. The Kier molecular flexibility index (Phi) is 4.36. The monoisotopic (exact) mass is 312 g/mol. The first-order valence-corrected chi connectivity index (χ1v) is 8.55. The van der Waals surface area contributed by atoms with Crippen LogP contribution in [0.25, 0.3) is 0 Å². The summed E-state index contributed by atoms with van der Waals surface area (Å²) in [5.41, 5.74) is 5.38. The minimum Gasteiger partial charge on any atom is -0.367 e. The lowest BCUT2D eigenvalue weighted by Crippen LogP contribution is -2.56. The molecule has 1 saturated heterocycles. The zero-order valence-corrected chi connectivity index (χ0v) is 13.0. The standard InChI is InChI=1S/C14H20N2O4S/c1-14(13(15)17)10-16(7-8-20-14)9-11-3-5-12(6-4-11)21(2,18)19/h3-6H,7-10H2,1-2H3,(H2,15,17)/t14-/m0/s1. The van der Waals surface area contributed by atoms with Gasteiger partial charge in [0.2, 0.25) is 0 Å². The van der Waals surface area contributed by atoms with Crippen LogP contribution in [0.4, 0.5) is 0 Å². The van der Waals surface area contributed by atoms with Gasteiger partial charge in [0.1, 0.15) is 0 Å². The van der Waals surface area contributed by atoms with E-state index >= 15 is 0 Å². The molecule has 1 fully saturated rings. The fourth-order valence-corrected chi connectivity index (χ4v) is 2.97. The van der Waals surface area contributed by atoms with Gasteiger partial charge in [0.15, 0.2) is 15.4 Å². The Morgan fingerprint density at radius 3 is 2.52 bits per heavy atom. The largest absolute Gasteiger partial charge is 0.367 e. The lowest BCUT2D eigenvalue weighted by molar-refractivity contribution is -0.153. The number of benzene rings is 1. The van der Waals surface area contributed by atoms with Gasteiger partial charge in [-0.2, -0.15) is 0 Å². The van der Waals surface area contributed by atoms with E-state index in [2.05, 4.69) is 4.90 Å². The number of nitrogens with two attached hydrogens (primary N) is 1. The number of carbonyl (C=O) groups excluding carboxylic acids is 1. The van der Waals surface area contributed by atoms with Gasteiger partial charge < -0.3 is 10.5 Å². The number of hydrogen-bond acceptors (Lipinski definition) is 5. The van der Waals surface area contributed by atoms with Crippen molar-refractivity contribution in [2.24, 2.45) is 5.73 Å². The predicted octanol–water partition coefficient (Wildman–Crippen LogP) is 0.166. The SMILES string of the molecule is C[C@@]1(C(N)=O)CN(Cc2ccc(S(C)(=O)=O)cc2)CCO1. The van der Waals surface area contributed by atoms with Crippen LogP contribution in [0.5, 0.6) is 0 Å². The number of sulfone groups is 1. The quantitative estimate of drug-likeness (QED) is 0.856. The summed E-state index contributed by atoms with van der Waals surface area (Å²) in [7, 11) is -3.18. The Morgan fingerprint density at radius 2 is 2.00 bits per heavy atom. The van der Waals surface area contributed by atoms with Crippen molar-refractivity contribution in [3.05, 3.63) is 29.8 Å². The van der Waals surface area contributed by atoms with E-state index in [0.717, 1.165) is 5.56 Å². The molecule has 7 heteroatoms. The molecule has 0 spiro atoms. The second-order valence-corrected chi connectivity index (χ2v) is 7.59. The maximum Gasteiger partial charge on any atom is 0.250 e. The highest BCUT2D eigenvalue weighted by molar-refractivity contribution is 7.90. The predicted molar refractivity (Wildman–Crippen MR) is 78.4 cm³/mol. The topological polar surface area (TPSA) is 89.7 Å². The molecule has 1 aromatic rings. The van der Waals surface area contributed by atoms with Gasteiger partial charge in [0.05, 0.1) is 11.5 Å². The molecule has 2 rings (SSSR count). The molecule has 0 aromatic heterocycles. The second-order valence-electron chi connectivity index (χ2n) is 5.57. The van der Waals surface area contributed by atoms with Gasteiger partial charge in [-0.1, -0.05) is 12.1 Å². The zero-order valence-electron chi connectivity index (χ0n) is 12.2. The fraction of sp³-hybridized carbons (Fsp3) is 0.500. The molecule has 0 aliphatic carbocycles. The Balaban J connectivity index is 2.06. The summed E-state index contributed by atoms with van der Waals surface area (Å²) in [6.07, 6.45) is 1.18. The van der Waals surface area contributed by atoms with Crippen molar-refractivity contribution >= 4 is 15.7 Å². The van der Waals surface area contributed by atoms with Crippen LogP contribution in [0.2, 0.25) is 0 Å². The lowest BCUT2D eigenvalue weighted by Gasteiger charge is -2.38. The molecule has 1 heterocycles. The van der Waals surface area contributed by atoms with Crippen LogP contribution in [0.1, 0.15) is 12.5 Å². The molecule has 21 heavy (non-hydrogen) atoms. The van der Waals surface area contributed by atoms with Gasteiger partial charge in [-0.15, -0.1) is 0 Å². The smallest absolute Gasteiger partial charge is 0.250 e. The van der Waals surface area contributed by atoms with Crippen LogP contribution in [0, 0.1) is 0 Å². The third-order valence-electron chi connectivity index (χ3n) is 3.63. The molecule has 116 valence electrons. The van der Waals surface area contributed by atoms with Crippen molar-refractivity contribution < 1.29 is 17.9 Å². The Bertz CT molecular complexity index is 627. The van der Waals surface area contributed by atoms with E-state index in [-0.39, 0.29) is 0 Å². The second kappa shape index (κ2) is 5.75. The van der Waals surface area contributed by atoms with Crippen LogP contribution in [-0.4, -0.2) is 50.8 Å². The third kappa shape index (κ3) is 3.81. The van der Waals surface area contributed by atoms with E-state index in [1.807, 2.05) is 0 Å². The Hall–Kier alpha value is -1.44. The van der Waals surface area contributed by atoms with Crippen molar-refractivity contribution in [2.75, 3.05) is 26.0 Å². The van der Waals surface area contributed by atoms with Gasteiger partial charge in [-0.25, -0.2) is 8.42 Å². The van der Waals surface area contributed by atoms with Gasteiger partial charge >= 0.3 is 0 Å². The summed E-state index contributed by atoms with van der Waals surface area (Å²) in [5.74, 6) is -0.473. The summed E-state index contributed by atoms with van der Waals surface area (Å²) < 4.78 is 28.3. The first-order valence-electron chi connectivity index (χ1n) is 6.66. The highest BCUT2D eigenvalue weighted by Gasteiger charge is 2.37. The lowest BCUT2D eigenvalue weighted by atomic mass is 10.0. The number of hydrogen-bond donors (Lipinski definition) is 1. The van der Waals surface area contributed by atoms with Gasteiger partial charge in [0.25, 0.3) is 5.91 Å². The maximum atomic E-state index is 11.4. The molecule has 0 radical (unpaired) electrons. The van der Waals surface area contributed by atoms with Crippen molar-refractivity contribution in [2.45, 2.75) is 24.0 Å². The molecule has 1 aliphatic heterocycles. The number of morpholine rings is 1. The van der Waals surface area contributed by atoms with Crippen LogP contribution < -0.4 is 5.73 Å². The summed E-state index contributed by atoms with van der Waals surface area (Å²) in [4.78, 5) is 13.8. The number of amides is 1. The van der Waals surface area contributed by atoms with Crippen LogP contribution >= 0.6 is 0 Å². The minimum atomic E-state index is -3.18. The van der Waals surface area contributed by atoms with E-state index in [9.17, 15) is 13.2 Å². The average Bonchev–Trinajstić information content (AvgIpc) is 2.38. The van der Waals surface area contributed by atoms with Gasteiger partial charge in [-0.3, -0.25) is 9.69 Å². The van der Waals surface area contributed by atoms with E-state index in [0.29, 0.717) is 31.1 Å². The fourth-order valence-electron chi connectivity index (χ4n) is 2.34. The summed E-state index contributed by atoms with van der Waals surface area (Å²) in [5, 5.41) is 0. The third-order valence-corrected chi connectivity index (χ3v) is 4.76. The number of carbonyl (C=O) groups is 1. The summed E-state index contributed by atoms with van der Waals surface area (Å²) in [6.45, 7) is 3.89. The van der Waals surface area contributed by atoms with E-state index in [1.54, 1.807) is 31.2 Å². The summed E-state index contributed by atoms with van der Waals surface area (Å²) in [6, 6.07) is 6.76. The Labute approximate surface area is 124 Å². The number of ether oxygens (including phenoxy) is 1. The van der Waals surface area contributed by atoms with Crippen molar-refractivity contribution in [3.63, 3.8) is 0 Å². The van der Waals surface area contributed by atoms with Crippen molar-refractivity contribution in [1.29, 1.82) is 0 Å². The van der Waals surface area contributed by atoms with Crippen LogP contribution in [0.15, 0.2) is 29.2 Å². The molecule has 0 saturated carbocycles. The highest BCUT2D eigenvalue weighted by atomic mass is 32.2. The number of rotatable bonds is 4. The van der Waals surface area contributed by atoms with E-state index in [4.69, 9.17) is 10.5 Å².